The fourth-order valence-electron chi connectivity index (χ4n) is 1.96. The van der Waals surface area contributed by atoms with E-state index >= 15 is 0 Å². The molecule has 4 nitrogen and oxygen atoms in total. The van der Waals surface area contributed by atoms with Crippen molar-refractivity contribution in [3.63, 3.8) is 0 Å². The van der Waals surface area contributed by atoms with Gasteiger partial charge < -0.3 is 15.7 Å². The van der Waals surface area contributed by atoms with Crippen LogP contribution in [0.5, 0.6) is 0 Å². The summed E-state index contributed by atoms with van der Waals surface area (Å²) in [6, 6.07) is -0.251. The van der Waals surface area contributed by atoms with Gasteiger partial charge >= 0.3 is 0 Å². The van der Waals surface area contributed by atoms with Crippen LogP contribution in [0.2, 0.25) is 0 Å². The Morgan fingerprint density at radius 2 is 2.50 bits per heavy atom. The Bertz CT molecular complexity index is 207. The number of piperidine rings is 1. The van der Waals surface area contributed by atoms with Gasteiger partial charge in [0.1, 0.15) is 6.04 Å². The molecule has 1 saturated heterocycles. The first kappa shape index (κ1) is 8.01. The summed E-state index contributed by atoms with van der Waals surface area (Å²) >= 11 is 0. The molecule has 0 aromatic rings. The number of rotatable bonds is 2. The second kappa shape index (κ2) is 2.71. The van der Waals surface area contributed by atoms with Gasteiger partial charge in [-0.1, -0.05) is 0 Å². The Morgan fingerprint density at radius 3 is 2.92 bits per heavy atom. The second-order valence-corrected chi connectivity index (χ2v) is 3.67. The van der Waals surface area contributed by atoms with E-state index in [1.54, 1.807) is 0 Å². The lowest BCUT2D eigenvalue weighted by molar-refractivity contribution is -0.133. The minimum absolute atomic E-state index is 0.0810. The SMILES string of the molecule is N[C@@H](CO)C(=O)N1CC[C@@H]2C[C@@H]21. The molecule has 1 amide bonds. The molecule has 2 aliphatic rings. The van der Waals surface area contributed by atoms with Gasteiger partial charge in [0, 0.05) is 12.6 Å². The number of amides is 1. The quantitative estimate of drug-likeness (QED) is 0.554. The number of fused-ring (bicyclic) bond motifs is 1. The molecule has 0 radical (unpaired) electrons. The number of aliphatic hydroxyl groups excluding tert-OH is 1. The zero-order valence-corrected chi connectivity index (χ0v) is 6.94. The number of hydrogen-bond donors (Lipinski definition) is 2. The summed E-state index contributed by atoms with van der Waals surface area (Å²) in [6.45, 7) is 0.592. The van der Waals surface area contributed by atoms with Crippen molar-refractivity contribution >= 4 is 5.91 Å². The van der Waals surface area contributed by atoms with Crippen molar-refractivity contribution in [3.8, 4) is 0 Å². The standard InChI is InChI=1S/C8H14N2O2/c9-6(4-11)8(12)10-2-1-5-3-7(5)10/h5-7,11H,1-4,9H2/t5-,6+,7+/m1/s1. The Balaban J connectivity index is 1.95. The summed E-state index contributed by atoms with van der Waals surface area (Å²) in [5.41, 5.74) is 5.44. The largest absolute Gasteiger partial charge is 0.394 e. The van der Waals surface area contributed by atoms with Gasteiger partial charge in [-0.3, -0.25) is 4.79 Å². The highest BCUT2D eigenvalue weighted by atomic mass is 16.3. The first-order chi connectivity index (χ1) is 5.74. The molecular weight excluding hydrogens is 156 g/mol. The number of likely N-dealkylation sites (tertiary alicyclic amines) is 1. The van der Waals surface area contributed by atoms with E-state index in [-0.39, 0.29) is 12.5 Å². The van der Waals surface area contributed by atoms with Crippen LogP contribution in [0.3, 0.4) is 0 Å². The van der Waals surface area contributed by atoms with Crippen molar-refractivity contribution in [2.75, 3.05) is 13.2 Å². The second-order valence-electron chi connectivity index (χ2n) is 3.67. The average molecular weight is 170 g/mol. The summed E-state index contributed by atoms with van der Waals surface area (Å²) in [5.74, 6) is 0.655. The Hall–Kier alpha value is -0.610. The van der Waals surface area contributed by atoms with Gasteiger partial charge in [-0.25, -0.2) is 0 Å². The van der Waals surface area contributed by atoms with Crippen LogP contribution in [0, 0.1) is 5.92 Å². The molecule has 0 bridgehead atoms. The van der Waals surface area contributed by atoms with E-state index in [0.717, 1.165) is 25.3 Å². The molecule has 68 valence electrons. The molecule has 0 aromatic heterocycles. The van der Waals surface area contributed by atoms with E-state index in [4.69, 9.17) is 10.8 Å². The molecule has 0 unspecified atom stereocenters. The van der Waals surface area contributed by atoms with Crippen molar-refractivity contribution in [2.24, 2.45) is 11.7 Å². The Morgan fingerprint density at radius 1 is 1.75 bits per heavy atom. The summed E-state index contributed by atoms with van der Waals surface area (Å²) in [5, 5.41) is 8.69. The van der Waals surface area contributed by atoms with Crippen molar-refractivity contribution in [3.05, 3.63) is 0 Å². The highest BCUT2D eigenvalue weighted by molar-refractivity contribution is 5.82. The summed E-state index contributed by atoms with van der Waals surface area (Å²) in [6.07, 6.45) is 2.26. The summed E-state index contributed by atoms with van der Waals surface area (Å²) in [7, 11) is 0. The van der Waals surface area contributed by atoms with Crippen molar-refractivity contribution in [2.45, 2.75) is 24.9 Å². The third kappa shape index (κ3) is 1.11. The molecule has 12 heavy (non-hydrogen) atoms. The van der Waals surface area contributed by atoms with Crippen LogP contribution < -0.4 is 5.73 Å². The molecule has 2 fully saturated rings. The lowest BCUT2D eigenvalue weighted by atomic mass is 10.3. The molecule has 1 aliphatic carbocycles. The third-order valence-electron chi connectivity index (χ3n) is 2.82. The van der Waals surface area contributed by atoms with Gasteiger partial charge in [-0.05, 0) is 18.8 Å². The predicted octanol–water partition coefficient (Wildman–Crippen LogP) is -1.07. The average Bonchev–Trinajstić information content (AvgIpc) is 2.76. The number of nitrogens with two attached hydrogens (primary N) is 1. The zero-order chi connectivity index (χ0) is 8.72. The number of aliphatic hydroxyl groups is 1. The normalized spacial score (nSPS) is 34.7. The Labute approximate surface area is 71.3 Å². The first-order valence-corrected chi connectivity index (χ1v) is 4.41. The molecule has 2 rings (SSSR count). The zero-order valence-electron chi connectivity index (χ0n) is 6.94. The van der Waals surface area contributed by atoms with Gasteiger partial charge in [0.2, 0.25) is 5.91 Å². The number of carbonyl (C=O) groups excluding carboxylic acids is 1. The monoisotopic (exact) mass is 170 g/mol. The van der Waals surface area contributed by atoms with Crippen LogP contribution in [0.15, 0.2) is 0 Å². The van der Waals surface area contributed by atoms with Crippen LogP contribution in [0.25, 0.3) is 0 Å². The van der Waals surface area contributed by atoms with E-state index < -0.39 is 6.04 Å². The maximum atomic E-state index is 11.5. The van der Waals surface area contributed by atoms with Crippen LogP contribution in [-0.4, -0.2) is 41.1 Å². The van der Waals surface area contributed by atoms with Gasteiger partial charge in [-0.2, -0.15) is 0 Å². The molecule has 1 aliphatic heterocycles. The van der Waals surface area contributed by atoms with E-state index in [1.807, 2.05) is 4.90 Å². The molecule has 0 aromatic carbocycles. The van der Waals surface area contributed by atoms with Crippen LogP contribution in [-0.2, 0) is 4.79 Å². The van der Waals surface area contributed by atoms with E-state index in [1.165, 1.54) is 0 Å². The van der Waals surface area contributed by atoms with Gasteiger partial charge in [0.05, 0.1) is 6.61 Å². The minimum Gasteiger partial charge on any atom is -0.394 e. The molecule has 3 N–H and O–H groups in total. The highest BCUT2D eigenvalue weighted by Gasteiger charge is 2.49. The van der Waals surface area contributed by atoms with E-state index in [2.05, 4.69) is 0 Å². The van der Waals surface area contributed by atoms with Crippen LogP contribution >= 0.6 is 0 Å². The van der Waals surface area contributed by atoms with Crippen molar-refractivity contribution in [1.82, 2.24) is 4.90 Å². The molecule has 0 spiro atoms. The fourth-order valence-corrected chi connectivity index (χ4v) is 1.96. The highest BCUT2D eigenvalue weighted by Crippen LogP contribution is 2.44. The first-order valence-electron chi connectivity index (χ1n) is 4.41. The van der Waals surface area contributed by atoms with E-state index in [9.17, 15) is 4.79 Å². The van der Waals surface area contributed by atoms with Crippen molar-refractivity contribution < 1.29 is 9.90 Å². The topological polar surface area (TPSA) is 66.6 Å². The predicted molar refractivity (Wildman–Crippen MR) is 43.3 cm³/mol. The van der Waals surface area contributed by atoms with Gasteiger partial charge in [-0.15, -0.1) is 0 Å². The minimum atomic E-state index is -0.704. The molecule has 4 heteroatoms. The molecular formula is C8H14N2O2. The molecule has 1 heterocycles. The lowest BCUT2D eigenvalue weighted by Crippen LogP contribution is -2.45. The maximum absolute atomic E-state index is 11.5. The van der Waals surface area contributed by atoms with Gasteiger partial charge in [0.25, 0.3) is 0 Å². The molecule has 1 saturated carbocycles. The Kier molecular flexibility index (Phi) is 1.81. The maximum Gasteiger partial charge on any atom is 0.242 e. The van der Waals surface area contributed by atoms with E-state index in [0.29, 0.717) is 6.04 Å². The third-order valence-corrected chi connectivity index (χ3v) is 2.82. The number of carbonyl (C=O) groups is 1. The van der Waals surface area contributed by atoms with Crippen molar-refractivity contribution in [1.29, 1.82) is 0 Å². The smallest absolute Gasteiger partial charge is 0.242 e. The van der Waals surface area contributed by atoms with Crippen LogP contribution in [0.1, 0.15) is 12.8 Å². The number of nitrogens with zero attached hydrogens (tertiary/aromatic N) is 1. The summed E-state index contributed by atoms with van der Waals surface area (Å²) in [4.78, 5) is 13.3. The van der Waals surface area contributed by atoms with Crippen LogP contribution in [0.4, 0.5) is 0 Å². The summed E-state index contributed by atoms with van der Waals surface area (Å²) < 4.78 is 0. The number of hydrogen-bond acceptors (Lipinski definition) is 3. The lowest BCUT2D eigenvalue weighted by Gasteiger charge is -2.20. The molecule has 3 atom stereocenters. The van der Waals surface area contributed by atoms with Gasteiger partial charge in [0.15, 0.2) is 0 Å². The fraction of sp³-hybridized carbons (Fsp3) is 0.875.